The Morgan fingerprint density at radius 2 is 0.717 bits per heavy atom. The van der Waals surface area contributed by atoms with E-state index in [9.17, 15) is 0 Å². The number of aromatic nitrogens is 4. The van der Waals surface area contributed by atoms with Gasteiger partial charge in [0, 0.05) is 80.9 Å². The molecule has 20 rings (SSSR count). The zero-order valence-electron chi connectivity index (χ0n) is 49.0. The molecule has 9 nitrogen and oxygen atoms in total. The van der Waals surface area contributed by atoms with E-state index in [0.717, 1.165) is 157 Å². The van der Waals surface area contributed by atoms with Crippen LogP contribution in [-0.4, -0.2) is 19.1 Å². The standard InChI is InChI=1S/C82H48N6O3S/c1-4-22-65-55(16-1)56-17-2-5-23-66(56)85(65)52-37-42-75-61(47-52)59-45-50(35-40-73(59)89-75)63-20-14-32-80(83-63)87-69-25-7-10-29-77(69)91-82-54(19-13-28-72(82)87)49-34-39-68-58(44-49)57-18-3-6-24-67(57)86(68)53-38-43-76-62(48-53)60-46-51(36-41-74(60)90-76)64-21-15-33-81(84-64)88-70-26-8-11-30-78(70)92-79-31-12-9-27-71(79)88/h1-48H. The molecular formula is C82H48N6O3S. The average molecular weight is 1200 g/mol. The first-order valence-corrected chi connectivity index (χ1v) is 31.7. The van der Waals surface area contributed by atoms with E-state index in [1.54, 1.807) is 11.8 Å². The number of hydrogen-bond acceptors (Lipinski definition) is 8. The molecule has 0 saturated carbocycles. The molecule has 0 aliphatic carbocycles. The molecule has 18 aromatic rings. The zero-order valence-corrected chi connectivity index (χ0v) is 49.8. The fourth-order valence-electron chi connectivity index (χ4n) is 14.4. The van der Waals surface area contributed by atoms with Crippen LogP contribution in [0.25, 0.3) is 133 Å². The van der Waals surface area contributed by atoms with Gasteiger partial charge in [-0.3, -0.25) is 9.80 Å². The van der Waals surface area contributed by atoms with E-state index in [4.69, 9.17) is 23.5 Å². The molecule has 10 heteroatoms. The van der Waals surface area contributed by atoms with Crippen LogP contribution >= 0.6 is 11.8 Å². The highest BCUT2D eigenvalue weighted by molar-refractivity contribution is 7.99. The van der Waals surface area contributed by atoms with Gasteiger partial charge in [-0.2, -0.15) is 0 Å². The van der Waals surface area contributed by atoms with E-state index >= 15 is 0 Å². The number of benzene rings is 12. The summed E-state index contributed by atoms with van der Waals surface area (Å²) in [5.41, 5.74) is 19.7. The van der Waals surface area contributed by atoms with Gasteiger partial charge in [0.1, 0.15) is 34.0 Å². The van der Waals surface area contributed by atoms with Gasteiger partial charge in [-0.15, -0.1) is 0 Å². The SMILES string of the molecule is c1cc(-c2ccc3oc4ccc(-n5c6ccccc6c6cc(-c7cccc8c7Oc7ccccc7N8c7cccc(-c8ccc9oc%10ccc(-n%11c%12ccccc%12c%12ccccc%12%11)cc%10c9c8)n7)ccc65)cc4c3c2)nc(N2c3ccccc3Sc3ccccc32)c1. The molecule has 0 bridgehead atoms. The molecule has 6 aromatic heterocycles. The zero-order chi connectivity index (χ0) is 60.1. The molecule has 2 aliphatic heterocycles. The van der Waals surface area contributed by atoms with E-state index in [1.165, 1.54) is 31.6 Å². The Morgan fingerprint density at radius 1 is 0.293 bits per heavy atom. The molecular weight excluding hydrogens is 1150 g/mol. The Bertz CT molecular complexity index is 6050. The van der Waals surface area contributed by atoms with Crippen LogP contribution in [-0.2, 0) is 0 Å². The monoisotopic (exact) mass is 1200 g/mol. The molecule has 0 fully saturated rings. The molecule has 8 heterocycles. The number of nitrogens with zero attached hydrogens (tertiary/aromatic N) is 6. The lowest BCUT2D eigenvalue weighted by Gasteiger charge is -2.33. The first-order chi connectivity index (χ1) is 45.6. The molecule has 430 valence electrons. The fraction of sp³-hybridized carbons (Fsp3) is 0. The van der Waals surface area contributed by atoms with Crippen molar-refractivity contribution in [3.05, 3.63) is 291 Å². The number of pyridine rings is 2. The van der Waals surface area contributed by atoms with Crippen LogP contribution in [0.2, 0.25) is 0 Å². The molecule has 92 heavy (non-hydrogen) atoms. The van der Waals surface area contributed by atoms with Crippen molar-refractivity contribution in [2.24, 2.45) is 0 Å². The predicted molar refractivity (Wildman–Crippen MR) is 375 cm³/mol. The summed E-state index contributed by atoms with van der Waals surface area (Å²) in [7, 11) is 0. The first kappa shape index (κ1) is 50.8. The summed E-state index contributed by atoms with van der Waals surface area (Å²) in [6, 6.07) is 103. The van der Waals surface area contributed by atoms with E-state index < -0.39 is 0 Å². The van der Waals surface area contributed by atoms with Crippen LogP contribution < -0.4 is 14.5 Å². The van der Waals surface area contributed by atoms with Gasteiger partial charge < -0.3 is 22.7 Å². The molecule has 0 atom stereocenters. The van der Waals surface area contributed by atoms with Gasteiger partial charge in [-0.05, 0) is 175 Å². The Hall–Kier alpha value is -12.1. The van der Waals surface area contributed by atoms with Crippen molar-refractivity contribution in [1.82, 2.24) is 19.1 Å². The number of furan rings is 2. The molecule has 0 amide bonds. The third-order valence-electron chi connectivity index (χ3n) is 18.5. The summed E-state index contributed by atoms with van der Waals surface area (Å²) in [6.07, 6.45) is 0. The maximum atomic E-state index is 7.03. The van der Waals surface area contributed by atoms with Crippen LogP contribution in [0.5, 0.6) is 11.5 Å². The number of ether oxygens (including phenoxy) is 1. The smallest absolute Gasteiger partial charge is 0.159 e. The minimum absolute atomic E-state index is 0.746. The van der Waals surface area contributed by atoms with Crippen molar-refractivity contribution in [3.8, 4) is 56.5 Å². The minimum Gasteiger partial charge on any atom is -0.456 e. The minimum atomic E-state index is 0.746. The second kappa shape index (κ2) is 19.7. The van der Waals surface area contributed by atoms with Gasteiger partial charge in [0.2, 0.25) is 0 Å². The highest BCUT2D eigenvalue weighted by Gasteiger charge is 2.31. The van der Waals surface area contributed by atoms with Crippen molar-refractivity contribution >= 4 is 134 Å². The van der Waals surface area contributed by atoms with E-state index in [2.05, 4.69) is 298 Å². The number of hydrogen-bond donors (Lipinski definition) is 0. The van der Waals surface area contributed by atoms with Gasteiger partial charge in [-0.1, -0.05) is 133 Å². The van der Waals surface area contributed by atoms with E-state index in [-0.39, 0.29) is 0 Å². The number of rotatable bonds is 7. The maximum absolute atomic E-state index is 7.03. The average Bonchev–Trinajstić information content (AvgIpc) is 1.36. The van der Waals surface area contributed by atoms with Crippen molar-refractivity contribution < 1.29 is 13.6 Å². The Kier molecular flexibility index (Phi) is 10.9. The summed E-state index contributed by atoms with van der Waals surface area (Å²) < 4.78 is 24.8. The molecule has 0 saturated heterocycles. The normalized spacial score (nSPS) is 12.8. The highest BCUT2D eigenvalue weighted by atomic mass is 32.2. The Morgan fingerprint density at radius 3 is 1.29 bits per heavy atom. The molecule has 2 aliphatic rings. The van der Waals surface area contributed by atoms with Gasteiger partial charge in [0.05, 0.1) is 56.2 Å². The molecule has 0 radical (unpaired) electrons. The summed E-state index contributed by atoms with van der Waals surface area (Å²) in [5, 5.41) is 8.87. The molecule has 12 aromatic carbocycles. The fourth-order valence-corrected chi connectivity index (χ4v) is 15.4. The Labute approximate surface area is 530 Å². The quantitative estimate of drug-likeness (QED) is 0.156. The summed E-state index contributed by atoms with van der Waals surface area (Å²) in [6.45, 7) is 0. The number of para-hydroxylation sites is 8. The lowest BCUT2D eigenvalue weighted by molar-refractivity contribution is 0.478. The van der Waals surface area contributed by atoms with Crippen LogP contribution in [0.4, 0.5) is 34.4 Å². The lowest BCUT2D eigenvalue weighted by atomic mass is 9.99. The third kappa shape index (κ3) is 7.68. The van der Waals surface area contributed by atoms with Gasteiger partial charge in [0.15, 0.2) is 11.5 Å². The van der Waals surface area contributed by atoms with Gasteiger partial charge in [-0.25, -0.2) is 9.97 Å². The van der Waals surface area contributed by atoms with Crippen molar-refractivity contribution in [2.75, 3.05) is 9.80 Å². The summed E-state index contributed by atoms with van der Waals surface area (Å²) in [5.74, 6) is 3.14. The molecule has 0 unspecified atom stereocenters. The van der Waals surface area contributed by atoms with Crippen LogP contribution in [0.1, 0.15) is 0 Å². The van der Waals surface area contributed by atoms with Crippen LogP contribution in [0, 0.1) is 0 Å². The van der Waals surface area contributed by atoms with E-state index in [1.807, 2.05) is 12.1 Å². The van der Waals surface area contributed by atoms with Gasteiger partial charge >= 0.3 is 0 Å². The topological polar surface area (TPSA) is 77.6 Å². The predicted octanol–water partition coefficient (Wildman–Crippen LogP) is 23.0. The second-order valence-electron chi connectivity index (χ2n) is 23.6. The lowest BCUT2D eigenvalue weighted by Crippen LogP contribution is -2.17. The van der Waals surface area contributed by atoms with Crippen LogP contribution in [0.3, 0.4) is 0 Å². The van der Waals surface area contributed by atoms with Crippen molar-refractivity contribution in [3.63, 3.8) is 0 Å². The van der Waals surface area contributed by atoms with Crippen molar-refractivity contribution in [1.29, 1.82) is 0 Å². The largest absolute Gasteiger partial charge is 0.456 e. The number of fused-ring (bicyclic) bond motifs is 16. The van der Waals surface area contributed by atoms with Gasteiger partial charge in [0.25, 0.3) is 0 Å². The summed E-state index contributed by atoms with van der Waals surface area (Å²) >= 11 is 1.80. The Balaban J connectivity index is 0.657. The maximum Gasteiger partial charge on any atom is 0.159 e. The van der Waals surface area contributed by atoms with Crippen LogP contribution in [0.15, 0.2) is 310 Å². The van der Waals surface area contributed by atoms with Crippen molar-refractivity contribution in [2.45, 2.75) is 9.79 Å². The highest BCUT2D eigenvalue weighted by Crippen LogP contribution is 2.55. The second-order valence-corrected chi connectivity index (χ2v) is 24.7. The van der Waals surface area contributed by atoms with E-state index in [0.29, 0.717) is 0 Å². The number of anilines is 6. The third-order valence-corrected chi connectivity index (χ3v) is 19.6. The molecule has 0 N–H and O–H groups in total. The summed E-state index contributed by atoms with van der Waals surface area (Å²) in [4.78, 5) is 17.7. The first-order valence-electron chi connectivity index (χ1n) is 30.8. The molecule has 0 spiro atoms.